The number of aromatic nitrogens is 10. The quantitative estimate of drug-likeness (QED) is 0.0121. The number of hydrogen-bond donors (Lipinski definition) is 16. The van der Waals surface area contributed by atoms with Gasteiger partial charge in [-0.1, -0.05) is 34.9 Å². The summed E-state index contributed by atoms with van der Waals surface area (Å²) < 4.78 is 42.4. The predicted octanol–water partition coefficient (Wildman–Crippen LogP) is 2.12. The summed E-state index contributed by atoms with van der Waals surface area (Å²) >= 11 is 5.26. The first kappa shape index (κ1) is 114. The molecule has 0 saturated carbocycles. The zero-order valence-corrected chi connectivity index (χ0v) is 85.0. The maximum atomic E-state index is 12.4. The molecule has 5 aliphatic heterocycles. The summed E-state index contributed by atoms with van der Waals surface area (Å²) in [7, 11) is 4.37. The van der Waals surface area contributed by atoms with Gasteiger partial charge in [0.1, 0.15) is 73.2 Å². The third kappa shape index (κ3) is 33.9. The third-order valence-electron chi connectivity index (χ3n) is 22.4. The average Bonchev–Trinajstić information content (AvgIpc) is 1.69. The smallest absolute Gasteiger partial charge is 0.330 e. The van der Waals surface area contributed by atoms with Crippen LogP contribution in [0.1, 0.15) is 139 Å². The van der Waals surface area contributed by atoms with Crippen molar-refractivity contribution in [2.24, 2.45) is 14.1 Å². The molecule has 131 heavy (non-hydrogen) atoms. The summed E-state index contributed by atoms with van der Waals surface area (Å²) in [5.74, 6) is 0. The van der Waals surface area contributed by atoms with Crippen LogP contribution >= 0.6 is 46.6 Å². The van der Waals surface area contributed by atoms with Crippen molar-refractivity contribution in [3.05, 3.63) is 192 Å². The highest BCUT2D eigenvalue weighted by atomic mass is 32.1. The number of H-pyrrole nitrogens is 4. The third-order valence-corrected chi connectivity index (χ3v) is 30.1. The minimum Gasteiger partial charge on any atom is -0.388 e. The minimum absolute atomic E-state index is 0.153. The van der Waals surface area contributed by atoms with Gasteiger partial charge in [0.25, 0.3) is 27.8 Å². The molecule has 5 aromatic heterocycles. The van der Waals surface area contributed by atoms with Crippen molar-refractivity contribution in [3.8, 4) is 0 Å². The number of methoxy groups -OCH3 is 1. The van der Waals surface area contributed by atoms with E-state index in [1.54, 1.807) is 13.1 Å². The van der Waals surface area contributed by atoms with Crippen molar-refractivity contribution in [1.29, 1.82) is 0 Å². The van der Waals surface area contributed by atoms with Crippen molar-refractivity contribution in [3.63, 3.8) is 0 Å². The fourth-order valence-electron chi connectivity index (χ4n) is 14.7. The molecule has 10 rings (SSSR count). The molecular weight excluding hydrogens is 1810 g/mol. The number of aromatic amines is 4. The summed E-state index contributed by atoms with van der Waals surface area (Å²) in [4.78, 5) is 118. The molecule has 5 aliphatic rings. The Morgan fingerprint density at radius 1 is 0.420 bits per heavy atom. The van der Waals surface area contributed by atoms with Crippen molar-refractivity contribution in [1.82, 2.24) is 63.3 Å². The van der Waals surface area contributed by atoms with Gasteiger partial charge in [-0.3, -0.25) is 62.2 Å². The number of nitrogens with zero attached hydrogens (tertiary/aromatic N) is 6. The molecule has 16 N–H and O–H groups in total. The second-order valence-corrected chi connectivity index (χ2v) is 60.4. The van der Waals surface area contributed by atoms with Gasteiger partial charge in [-0.2, -0.15) is 0 Å². The molecule has 5 aromatic rings. The van der Waals surface area contributed by atoms with Crippen LogP contribution in [0.25, 0.3) is 0 Å². The van der Waals surface area contributed by atoms with Gasteiger partial charge in [-0.15, -0.1) is 65.9 Å². The Bertz CT molecular complexity index is 5530. The number of aliphatic hydroxyl groups is 9. The van der Waals surface area contributed by atoms with Crippen LogP contribution in [0.5, 0.6) is 0 Å². The lowest BCUT2D eigenvalue weighted by molar-refractivity contribution is -0.0542. The molecule has 5 fully saturated rings. The second-order valence-electron chi connectivity index (χ2n) is 38.4. The van der Waals surface area contributed by atoms with E-state index in [1.807, 2.05) is 59.8 Å². The molecule has 0 radical (unpaired) electrons. The van der Waals surface area contributed by atoms with Gasteiger partial charge in [0, 0.05) is 115 Å². The molecule has 0 bridgehead atoms. The van der Waals surface area contributed by atoms with Crippen LogP contribution in [-0.4, -0.2) is 341 Å². The number of aliphatic hydroxyl groups excluding tert-OH is 9. The SMILES string of the molecule is C=P(C)(C)CC[C@H]1O[C@@H](c2cn(C)c(=O)n(C)c2=O)[C@H](O)[C@@H]1O.C=P(C)(C)CC[C@H]1O[C@@H](c2cn(CC)c(=O)[nH]c2=O)[C@H](O)[C@@H]1O.C=P(C)(C)CC[C@H]1O[C@@H](n2cc(CNCC=C(C)C)c(=O)[nH]c2=O)[C@H](O)[C@@H]1O.C=P(C)(C)CC[C@H]1O[C@@H](n2cc(CNCC=C(C)C)c(=O)[nH]c2=O)[C@H](OC)[C@@H]1O.C=P(C)(C)CC[C@H]1O[C@@H](n2cc(CNCC=C(C)C)c(=O)[nH]c2=S)[C@H](O)[C@@H]1O. The maximum absolute atomic E-state index is 12.4. The summed E-state index contributed by atoms with van der Waals surface area (Å²) in [5, 5.41) is 103. The lowest BCUT2D eigenvalue weighted by Gasteiger charge is -2.21. The maximum Gasteiger partial charge on any atom is 0.330 e. The summed E-state index contributed by atoms with van der Waals surface area (Å²) in [6, 6.07) is 0. The fraction of sp³-hybridized carbons (Fsp3) is 0.648. The van der Waals surface area contributed by atoms with E-state index in [4.69, 9.17) is 40.6 Å². The Morgan fingerprint density at radius 3 is 1.09 bits per heavy atom. The Hall–Kier alpha value is -6.18. The van der Waals surface area contributed by atoms with Crippen molar-refractivity contribution >= 4 is 78.1 Å². The van der Waals surface area contributed by atoms with E-state index in [0.717, 1.165) is 45.5 Å². The van der Waals surface area contributed by atoms with E-state index >= 15 is 0 Å². The molecular formula is C88H148N13O24P5S. The van der Waals surface area contributed by atoms with Gasteiger partial charge in [0.2, 0.25) is 0 Å². The van der Waals surface area contributed by atoms with E-state index in [0.29, 0.717) is 88.1 Å². The van der Waals surface area contributed by atoms with Crippen LogP contribution in [0.4, 0.5) is 0 Å². The number of nitrogens with one attached hydrogen (secondary N) is 7. The molecule has 0 amide bonds. The zero-order chi connectivity index (χ0) is 98.8. The number of rotatable bonds is 34. The molecule has 0 spiro atoms. The number of hydrogen-bond acceptors (Lipinski definition) is 28. The van der Waals surface area contributed by atoms with Crippen LogP contribution in [0.3, 0.4) is 0 Å². The molecule has 10 heterocycles. The summed E-state index contributed by atoms with van der Waals surface area (Å²) in [5.41, 5.74) is 0.535. The fourth-order valence-corrected chi connectivity index (χ4v) is 19.7. The van der Waals surface area contributed by atoms with E-state index in [2.05, 4.69) is 134 Å². The summed E-state index contributed by atoms with van der Waals surface area (Å²) in [6.45, 7) is 31.5. The Morgan fingerprint density at radius 2 is 0.733 bits per heavy atom. The lowest BCUT2D eigenvalue weighted by Crippen LogP contribution is -2.40. The average molecular weight is 1960 g/mol. The van der Waals surface area contributed by atoms with Crippen molar-refractivity contribution in [2.75, 3.05) is 124 Å². The van der Waals surface area contributed by atoms with Crippen molar-refractivity contribution < 1.29 is 74.4 Å². The van der Waals surface area contributed by atoms with E-state index in [-0.39, 0.29) is 28.0 Å². The van der Waals surface area contributed by atoms with Crippen molar-refractivity contribution in [2.45, 2.75) is 229 Å². The number of allylic oxidation sites excluding steroid dienone is 3. The largest absolute Gasteiger partial charge is 0.388 e. The minimum atomic E-state index is -1.30. The van der Waals surface area contributed by atoms with Gasteiger partial charge in [-0.25, -0.2) is 19.2 Å². The van der Waals surface area contributed by atoms with Crippen LogP contribution < -0.4 is 66.5 Å². The first-order valence-electron chi connectivity index (χ1n) is 43.6. The van der Waals surface area contributed by atoms with Gasteiger partial charge in [0.05, 0.1) is 41.6 Å². The number of aryl methyl sites for hydroxylation is 2. The van der Waals surface area contributed by atoms with E-state index < -0.39 is 202 Å². The van der Waals surface area contributed by atoms with E-state index in [9.17, 15) is 89.1 Å². The van der Waals surface area contributed by atoms with Crippen LogP contribution in [0.15, 0.2) is 109 Å². The van der Waals surface area contributed by atoms with E-state index in [1.165, 1.54) is 75.4 Å². The molecule has 740 valence electrons. The normalized spacial score (nSPS) is 26.1. The molecule has 5 saturated heterocycles. The van der Waals surface area contributed by atoms with Gasteiger partial charge < -0.3 is 99.5 Å². The second kappa shape index (κ2) is 49.7. The van der Waals surface area contributed by atoms with Gasteiger partial charge in [0.15, 0.2) is 23.5 Å². The monoisotopic (exact) mass is 1960 g/mol. The van der Waals surface area contributed by atoms with Crippen LogP contribution in [-0.2, 0) is 68.7 Å². The first-order chi connectivity index (χ1) is 60.7. The predicted molar refractivity (Wildman–Crippen MR) is 535 cm³/mol. The van der Waals surface area contributed by atoms with Crippen LogP contribution in [0, 0.1) is 4.77 Å². The molecule has 0 unspecified atom stereocenters. The zero-order valence-electron chi connectivity index (χ0n) is 79.7. The molecule has 0 aliphatic carbocycles. The molecule has 43 heteroatoms. The van der Waals surface area contributed by atoms with Gasteiger partial charge in [-0.05, 0) is 190 Å². The highest BCUT2D eigenvalue weighted by molar-refractivity contribution is 7.73. The highest BCUT2D eigenvalue weighted by Gasteiger charge is 2.49. The van der Waals surface area contributed by atoms with Crippen LogP contribution in [0.2, 0.25) is 0 Å². The Balaban J connectivity index is 0.000000253. The Labute approximate surface area is 771 Å². The Kier molecular flexibility index (Phi) is 43.1. The standard InChI is InChI=1S/C20H34N3O5P.C19H32N3O5P.C19H32N3O4PS.2C15H25N2O5P/c1-13(2)7-9-21-11-14-12-23(20(26)22-18(14)25)19-17(27-3)16(24)15(28-19)8-10-29(4,5)6;1-12(2)6-8-20-10-13-11-22(19(26)21-17(13)25)18-16(24)15(23)14(27-18)7-9-28(3,4)5;1-12(2)6-8-20-10-13-11-22(19(28)21-17(13)25)18-16(24)15(23)14(26-18)7-9-27(3,4)5;1-16-8-9(14(20)17(2)15(16)21)13-12(19)11(18)10(22-13)6-7-23(3,4)5;1-5-17-8-9(14(20)16-15(17)21)13-12(19)11(18)10(22-13)6-7-23(2,3)4/h7,12,15-17,19,21,24H,4,8-11H2,1-3,5-6H3,(H,22,25,26);6,11,14-16,18,20,23-24H,3,7-10H2,1-2,4-5H3,(H,21,25,26);6,11,14-16,18,20,23-24H,3,7-10H2,1-2,4-5H3,(H,21,25,28);8,10-13,18-19H,3,6-7H2,1-2,4-5H3;8,10-13,18-19H,2,5-7H2,1,3-4H3,(H,16,20,21)/t15-,16-,17-,19-;2*14-,15-,16-,18-;2*10-,11-,12-,13+/m11111/s1. The molecule has 0 aromatic carbocycles. The molecule has 37 nitrogen and oxygen atoms in total. The molecule has 20 atom stereocenters. The lowest BCUT2D eigenvalue weighted by atomic mass is 10.0. The topological polar surface area (TPSA) is 520 Å². The highest BCUT2D eigenvalue weighted by Crippen LogP contribution is 2.45. The number of ether oxygens (including phenoxy) is 6. The van der Waals surface area contributed by atoms with Gasteiger partial charge >= 0.3 is 22.8 Å². The summed E-state index contributed by atoms with van der Waals surface area (Å²) in [6.07, 6.45) is 23.3. The first-order valence-corrected chi connectivity index (χ1v) is 59.3.